The van der Waals surface area contributed by atoms with Gasteiger partial charge in [0.1, 0.15) is 0 Å². The predicted octanol–water partition coefficient (Wildman–Crippen LogP) is 10.4. The Hall–Kier alpha value is -6.19. The molecule has 6 aromatic carbocycles. The molecule has 0 atom stereocenters. The first-order chi connectivity index (χ1) is 23.3. The first-order valence-electron chi connectivity index (χ1n) is 16.0. The Kier molecular flexibility index (Phi) is 5.49. The number of aromatic nitrogens is 3. The molecule has 2 aromatic heterocycles. The van der Waals surface area contributed by atoms with Gasteiger partial charge in [0, 0.05) is 39.4 Å². The van der Waals surface area contributed by atoms with Crippen molar-refractivity contribution >= 4 is 10.8 Å². The van der Waals surface area contributed by atoms with E-state index < -0.39 is 5.41 Å². The molecule has 0 fully saturated rings. The van der Waals surface area contributed by atoms with E-state index in [4.69, 9.17) is 15.0 Å². The number of hydrogen-bond donors (Lipinski definition) is 0. The summed E-state index contributed by atoms with van der Waals surface area (Å²) in [6.45, 7) is 0. The molecule has 3 nitrogen and oxygen atoms in total. The molecule has 218 valence electrons. The van der Waals surface area contributed by atoms with Crippen molar-refractivity contribution in [2.45, 2.75) is 5.41 Å². The lowest BCUT2D eigenvalue weighted by molar-refractivity contribution is 0.799. The van der Waals surface area contributed by atoms with Crippen LogP contribution < -0.4 is 0 Å². The van der Waals surface area contributed by atoms with Gasteiger partial charge < -0.3 is 0 Å². The van der Waals surface area contributed by atoms with E-state index in [9.17, 15) is 0 Å². The van der Waals surface area contributed by atoms with Crippen LogP contribution in [0.25, 0.3) is 67.1 Å². The molecular weight excluding hydrogens is 571 g/mol. The quantitative estimate of drug-likeness (QED) is 0.203. The van der Waals surface area contributed by atoms with E-state index in [1.54, 1.807) is 0 Å². The molecule has 0 saturated carbocycles. The Morgan fingerprint density at radius 1 is 0.404 bits per heavy atom. The molecular formula is C44H27N3. The van der Waals surface area contributed by atoms with Gasteiger partial charge in [0.25, 0.3) is 0 Å². The van der Waals surface area contributed by atoms with Gasteiger partial charge >= 0.3 is 0 Å². The third-order valence-electron chi connectivity index (χ3n) is 9.95. The summed E-state index contributed by atoms with van der Waals surface area (Å²) in [6.07, 6.45) is 2.03. The van der Waals surface area contributed by atoms with Crippen molar-refractivity contribution in [3.63, 3.8) is 0 Å². The minimum absolute atomic E-state index is 0.480. The Labute approximate surface area is 272 Å². The summed E-state index contributed by atoms with van der Waals surface area (Å²) < 4.78 is 0. The summed E-state index contributed by atoms with van der Waals surface area (Å²) >= 11 is 0. The van der Waals surface area contributed by atoms with E-state index in [-0.39, 0.29) is 0 Å². The predicted molar refractivity (Wildman–Crippen MR) is 190 cm³/mol. The fourth-order valence-electron chi connectivity index (χ4n) is 8.05. The van der Waals surface area contributed by atoms with E-state index in [1.807, 2.05) is 18.3 Å². The van der Waals surface area contributed by atoms with E-state index >= 15 is 0 Å². The standard InChI is InChI=1S/C44H27N3/c1-3-14-28(15-4-1)39-26-40(29-16-5-2-6-17-29)47-43(46-39)33-22-13-21-32-35(33)27-45-42-34-20-9-12-25-38(34)44(41(32)42)36-23-10-7-18-30(36)31-19-8-11-24-37(31)44/h1-27H. The smallest absolute Gasteiger partial charge is 0.161 e. The molecule has 2 aliphatic carbocycles. The first kappa shape index (κ1) is 26.1. The van der Waals surface area contributed by atoms with Gasteiger partial charge in [-0.25, -0.2) is 9.97 Å². The summed E-state index contributed by atoms with van der Waals surface area (Å²) in [5.41, 5.74) is 14.3. The van der Waals surface area contributed by atoms with Crippen LogP contribution in [0.5, 0.6) is 0 Å². The molecule has 3 heteroatoms. The van der Waals surface area contributed by atoms with Crippen LogP contribution in [0.1, 0.15) is 22.3 Å². The lowest BCUT2D eigenvalue weighted by atomic mass is 9.69. The lowest BCUT2D eigenvalue weighted by Gasteiger charge is -2.31. The second-order valence-electron chi connectivity index (χ2n) is 12.3. The van der Waals surface area contributed by atoms with Crippen LogP contribution in [-0.2, 0) is 5.41 Å². The van der Waals surface area contributed by atoms with Crippen LogP contribution in [0.3, 0.4) is 0 Å². The van der Waals surface area contributed by atoms with Crippen molar-refractivity contribution in [1.82, 2.24) is 15.0 Å². The zero-order valence-electron chi connectivity index (χ0n) is 25.4. The second-order valence-corrected chi connectivity index (χ2v) is 12.3. The molecule has 0 bridgehead atoms. The number of nitrogens with zero attached hydrogens (tertiary/aromatic N) is 3. The summed E-state index contributed by atoms with van der Waals surface area (Å²) in [5.74, 6) is 0.689. The molecule has 0 aliphatic heterocycles. The normalized spacial score (nSPS) is 13.3. The van der Waals surface area contributed by atoms with Gasteiger partial charge in [0.05, 0.1) is 22.5 Å². The summed E-state index contributed by atoms with van der Waals surface area (Å²) in [5, 5.41) is 2.22. The molecule has 0 N–H and O–H groups in total. The Bertz CT molecular complexity index is 2400. The number of fused-ring (bicyclic) bond motifs is 12. The molecule has 1 spiro atoms. The zero-order valence-corrected chi connectivity index (χ0v) is 25.4. The second kappa shape index (κ2) is 9.90. The minimum atomic E-state index is -0.480. The highest BCUT2D eigenvalue weighted by atomic mass is 14.9. The van der Waals surface area contributed by atoms with Gasteiger partial charge in [-0.3, -0.25) is 4.98 Å². The lowest BCUT2D eigenvalue weighted by Crippen LogP contribution is -2.26. The molecule has 2 aliphatic rings. The van der Waals surface area contributed by atoms with Crippen molar-refractivity contribution in [1.29, 1.82) is 0 Å². The van der Waals surface area contributed by atoms with Crippen LogP contribution in [0.15, 0.2) is 164 Å². The third kappa shape index (κ3) is 3.60. The average molecular weight is 598 g/mol. The van der Waals surface area contributed by atoms with Crippen molar-refractivity contribution in [3.05, 3.63) is 186 Å². The highest BCUT2D eigenvalue weighted by molar-refractivity contribution is 6.06. The van der Waals surface area contributed by atoms with Crippen molar-refractivity contribution in [3.8, 4) is 56.3 Å². The van der Waals surface area contributed by atoms with Crippen LogP contribution in [0.4, 0.5) is 0 Å². The number of hydrogen-bond acceptors (Lipinski definition) is 3. The van der Waals surface area contributed by atoms with E-state index in [0.29, 0.717) is 5.82 Å². The summed E-state index contributed by atoms with van der Waals surface area (Å²) in [7, 11) is 0. The molecule has 8 aromatic rings. The average Bonchev–Trinajstić information content (AvgIpc) is 3.63. The van der Waals surface area contributed by atoms with Crippen LogP contribution in [0, 0.1) is 0 Å². The number of benzene rings is 6. The van der Waals surface area contributed by atoms with Crippen molar-refractivity contribution < 1.29 is 0 Å². The van der Waals surface area contributed by atoms with E-state index in [0.717, 1.165) is 39.2 Å². The van der Waals surface area contributed by atoms with Crippen molar-refractivity contribution in [2.24, 2.45) is 0 Å². The highest BCUT2D eigenvalue weighted by Gasteiger charge is 2.52. The van der Waals surface area contributed by atoms with Gasteiger partial charge in [0.15, 0.2) is 5.82 Å². The maximum absolute atomic E-state index is 5.29. The fraction of sp³-hybridized carbons (Fsp3) is 0.0227. The highest BCUT2D eigenvalue weighted by Crippen LogP contribution is 2.63. The molecule has 0 radical (unpaired) electrons. The molecule has 0 unspecified atom stereocenters. The molecule has 0 amide bonds. The van der Waals surface area contributed by atoms with Crippen LogP contribution in [-0.4, -0.2) is 15.0 Å². The SMILES string of the molecule is c1ccc(-c2cc(-c3ccccc3)nc(-c3cccc4c5c(ncc34)-c3ccccc3C53c4ccccc4-c4ccccc43)n2)cc1. The third-order valence-corrected chi connectivity index (χ3v) is 9.95. The molecule has 10 rings (SSSR count). The Morgan fingerprint density at radius 2 is 0.894 bits per heavy atom. The number of rotatable bonds is 3. The van der Waals surface area contributed by atoms with Gasteiger partial charge in [-0.2, -0.15) is 0 Å². The number of pyridine rings is 1. The molecule has 47 heavy (non-hydrogen) atoms. The summed E-state index contributed by atoms with van der Waals surface area (Å²) in [6, 6.07) is 56.0. The maximum atomic E-state index is 5.29. The zero-order chi connectivity index (χ0) is 31.0. The van der Waals surface area contributed by atoms with Gasteiger partial charge in [-0.1, -0.05) is 152 Å². The molecule has 2 heterocycles. The summed E-state index contributed by atoms with van der Waals surface area (Å²) in [4.78, 5) is 15.7. The van der Waals surface area contributed by atoms with Gasteiger partial charge in [-0.15, -0.1) is 0 Å². The Morgan fingerprint density at radius 3 is 1.49 bits per heavy atom. The van der Waals surface area contributed by atoms with Gasteiger partial charge in [0.2, 0.25) is 0 Å². The van der Waals surface area contributed by atoms with E-state index in [2.05, 4.69) is 146 Å². The molecule has 0 saturated heterocycles. The monoisotopic (exact) mass is 597 g/mol. The first-order valence-corrected chi connectivity index (χ1v) is 16.0. The van der Waals surface area contributed by atoms with Gasteiger partial charge in [-0.05, 0) is 39.3 Å². The minimum Gasteiger partial charge on any atom is -0.255 e. The van der Waals surface area contributed by atoms with E-state index in [1.165, 1.54) is 44.3 Å². The Balaban J connectivity index is 1.29. The van der Waals surface area contributed by atoms with Crippen LogP contribution in [0.2, 0.25) is 0 Å². The topological polar surface area (TPSA) is 38.7 Å². The van der Waals surface area contributed by atoms with Crippen molar-refractivity contribution in [2.75, 3.05) is 0 Å². The fourth-order valence-corrected chi connectivity index (χ4v) is 8.05. The largest absolute Gasteiger partial charge is 0.255 e. The maximum Gasteiger partial charge on any atom is 0.161 e. The van der Waals surface area contributed by atoms with Crippen LogP contribution >= 0.6 is 0 Å².